The zero-order valence-electron chi connectivity index (χ0n) is 7.20. The summed E-state index contributed by atoms with van der Waals surface area (Å²) in [5.74, 6) is 0. The molecule has 0 bridgehead atoms. The van der Waals surface area contributed by atoms with Crippen LogP contribution in [-0.4, -0.2) is 5.38 Å². The first-order valence-corrected chi connectivity index (χ1v) is 4.89. The van der Waals surface area contributed by atoms with Crippen LogP contribution in [0.15, 0.2) is 0 Å². The van der Waals surface area contributed by atoms with Gasteiger partial charge in [0.15, 0.2) is 0 Å². The molecule has 0 aromatic carbocycles. The highest BCUT2D eigenvalue weighted by atomic mass is 35.5. The minimum absolute atomic E-state index is 0.428. The normalized spacial score (nSPS) is 13.5. The van der Waals surface area contributed by atoms with E-state index in [-0.39, 0.29) is 0 Å². The van der Waals surface area contributed by atoms with E-state index in [1.807, 2.05) is 0 Å². The molecule has 10 heavy (non-hydrogen) atoms. The van der Waals surface area contributed by atoms with Gasteiger partial charge < -0.3 is 0 Å². The summed E-state index contributed by atoms with van der Waals surface area (Å²) in [5.41, 5.74) is 0. The van der Waals surface area contributed by atoms with E-state index in [1.165, 1.54) is 32.1 Å². The van der Waals surface area contributed by atoms with E-state index in [9.17, 15) is 0 Å². The first-order valence-electron chi connectivity index (χ1n) is 4.45. The van der Waals surface area contributed by atoms with Crippen molar-refractivity contribution in [3.05, 3.63) is 0 Å². The highest BCUT2D eigenvalue weighted by Crippen LogP contribution is 2.12. The lowest BCUT2D eigenvalue weighted by molar-refractivity contribution is 0.607. The van der Waals surface area contributed by atoms with Gasteiger partial charge in [-0.1, -0.05) is 39.5 Å². The van der Waals surface area contributed by atoms with E-state index in [1.54, 1.807) is 0 Å². The lowest BCUT2D eigenvalue weighted by atomic mass is 10.1. The van der Waals surface area contributed by atoms with Gasteiger partial charge in [0.1, 0.15) is 0 Å². The summed E-state index contributed by atoms with van der Waals surface area (Å²) < 4.78 is 0. The van der Waals surface area contributed by atoms with Crippen LogP contribution in [0.25, 0.3) is 0 Å². The summed E-state index contributed by atoms with van der Waals surface area (Å²) in [5, 5.41) is 0.428. The second-order valence-electron chi connectivity index (χ2n) is 2.85. The van der Waals surface area contributed by atoms with E-state index in [0.717, 1.165) is 6.42 Å². The third kappa shape index (κ3) is 6.41. The number of rotatable bonds is 6. The minimum Gasteiger partial charge on any atom is -0.123 e. The minimum atomic E-state index is 0.428. The molecule has 0 saturated heterocycles. The number of unbranched alkanes of at least 4 members (excludes halogenated alkanes) is 3. The fraction of sp³-hybridized carbons (Fsp3) is 1.00. The molecular weight excluding hydrogens is 144 g/mol. The third-order valence-corrected chi connectivity index (χ3v) is 2.34. The smallest absolute Gasteiger partial charge is 0.0333 e. The van der Waals surface area contributed by atoms with Crippen molar-refractivity contribution in [2.45, 2.75) is 57.7 Å². The molecule has 0 fully saturated rings. The molecule has 1 atom stereocenters. The van der Waals surface area contributed by atoms with E-state index in [0.29, 0.717) is 5.38 Å². The maximum Gasteiger partial charge on any atom is 0.0333 e. The Labute approximate surface area is 70.0 Å². The van der Waals surface area contributed by atoms with E-state index < -0.39 is 0 Å². The summed E-state index contributed by atoms with van der Waals surface area (Å²) in [6, 6.07) is 0. The predicted octanol–water partition coefficient (Wildman–Crippen LogP) is 3.97. The molecule has 0 aromatic heterocycles. The van der Waals surface area contributed by atoms with Crippen molar-refractivity contribution < 1.29 is 0 Å². The average molecular weight is 163 g/mol. The van der Waals surface area contributed by atoms with Crippen LogP contribution >= 0.6 is 11.6 Å². The molecule has 0 aromatic rings. The molecule has 0 aliphatic rings. The Morgan fingerprint density at radius 3 is 2.30 bits per heavy atom. The monoisotopic (exact) mass is 162 g/mol. The van der Waals surface area contributed by atoms with Crippen LogP contribution in [0.5, 0.6) is 0 Å². The predicted molar refractivity (Wildman–Crippen MR) is 48.7 cm³/mol. The number of hydrogen-bond donors (Lipinski definition) is 0. The molecule has 0 saturated carbocycles. The zero-order chi connectivity index (χ0) is 7.82. The van der Waals surface area contributed by atoms with Gasteiger partial charge in [-0.2, -0.15) is 0 Å². The van der Waals surface area contributed by atoms with E-state index in [4.69, 9.17) is 11.6 Å². The summed E-state index contributed by atoms with van der Waals surface area (Å²) in [6.45, 7) is 4.38. The Kier molecular flexibility index (Phi) is 7.61. The van der Waals surface area contributed by atoms with Gasteiger partial charge in [0, 0.05) is 5.38 Å². The van der Waals surface area contributed by atoms with Crippen molar-refractivity contribution in [3.63, 3.8) is 0 Å². The van der Waals surface area contributed by atoms with Crippen molar-refractivity contribution >= 4 is 11.6 Å². The molecule has 0 heterocycles. The average Bonchev–Trinajstić information content (AvgIpc) is 1.98. The van der Waals surface area contributed by atoms with Crippen LogP contribution in [-0.2, 0) is 0 Å². The van der Waals surface area contributed by atoms with Gasteiger partial charge in [-0.15, -0.1) is 11.6 Å². The van der Waals surface area contributed by atoms with Crippen molar-refractivity contribution in [2.24, 2.45) is 0 Å². The summed E-state index contributed by atoms with van der Waals surface area (Å²) in [6.07, 6.45) is 7.69. The van der Waals surface area contributed by atoms with Crippen LogP contribution in [0.4, 0.5) is 0 Å². The molecule has 0 spiro atoms. The summed E-state index contributed by atoms with van der Waals surface area (Å²) in [7, 11) is 0. The first-order chi connectivity index (χ1) is 4.81. The van der Waals surface area contributed by atoms with Crippen molar-refractivity contribution in [3.8, 4) is 0 Å². The van der Waals surface area contributed by atoms with Crippen LogP contribution in [0.2, 0.25) is 0 Å². The standard InChI is InChI=1S/C9H19Cl/c1-3-5-6-7-8-9(10)4-2/h9H,3-8H2,1-2H3. The Balaban J connectivity index is 2.89. The lowest BCUT2D eigenvalue weighted by Gasteiger charge is -2.04. The molecule has 0 rings (SSSR count). The van der Waals surface area contributed by atoms with Gasteiger partial charge in [0.2, 0.25) is 0 Å². The number of halogens is 1. The van der Waals surface area contributed by atoms with Gasteiger partial charge >= 0.3 is 0 Å². The highest BCUT2D eigenvalue weighted by molar-refractivity contribution is 6.20. The third-order valence-electron chi connectivity index (χ3n) is 1.81. The zero-order valence-corrected chi connectivity index (χ0v) is 7.95. The SMILES string of the molecule is CCCCCCC(Cl)CC. The Morgan fingerprint density at radius 2 is 1.80 bits per heavy atom. The molecule has 0 aliphatic carbocycles. The van der Waals surface area contributed by atoms with Crippen LogP contribution in [0, 0.1) is 0 Å². The van der Waals surface area contributed by atoms with Crippen molar-refractivity contribution in [2.75, 3.05) is 0 Å². The second-order valence-corrected chi connectivity index (χ2v) is 3.47. The molecule has 0 amide bonds. The molecule has 62 valence electrons. The molecule has 0 N–H and O–H groups in total. The Hall–Kier alpha value is 0.290. The fourth-order valence-electron chi connectivity index (χ4n) is 0.997. The second kappa shape index (κ2) is 7.40. The summed E-state index contributed by atoms with van der Waals surface area (Å²) in [4.78, 5) is 0. The maximum absolute atomic E-state index is 5.94. The quantitative estimate of drug-likeness (QED) is 0.410. The van der Waals surface area contributed by atoms with Gasteiger partial charge in [-0.3, -0.25) is 0 Å². The molecule has 0 aliphatic heterocycles. The van der Waals surface area contributed by atoms with Crippen LogP contribution in [0.1, 0.15) is 52.4 Å². The van der Waals surface area contributed by atoms with Crippen LogP contribution in [0.3, 0.4) is 0 Å². The van der Waals surface area contributed by atoms with Gasteiger partial charge in [0.05, 0.1) is 0 Å². The topological polar surface area (TPSA) is 0 Å². The highest BCUT2D eigenvalue weighted by Gasteiger charge is 1.98. The van der Waals surface area contributed by atoms with Gasteiger partial charge in [0.25, 0.3) is 0 Å². The van der Waals surface area contributed by atoms with Crippen molar-refractivity contribution in [1.82, 2.24) is 0 Å². The molecule has 1 heteroatoms. The largest absolute Gasteiger partial charge is 0.123 e. The number of alkyl halides is 1. The number of hydrogen-bond acceptors (Lipinski definition) is 0. The van der Waals surface area contributed by atoms with E-state index in [2.05, 4.69) is 13.8 Å². The fourth-order valence-corrected chi connectivity index (χ4v) is 1.15. The van der Waals surface area contributed by atoms with Gasteiger partial charge in [-0.05, 0) is 12.8 Å². The molecular formula is C9H19Cl. The Bertz CT molecular complexity index is 61.7. The van der Waals surface area contributed by atoms with E-state index >= 15 is 0 Å². The summed E-state index contributed by atoms with van der Waals surface area (Å²) >= 11 is 5.94. The molecule has 0 radical (unpaired) electrons. The maximum atomic E-state index is 5.94. The Morgan fingerprint density at radius 1 is 1.10 bits per heavy atom. The molecule has 1 unspecified atom stereocenters. The van der Waals surface area contributed by atoms with Gasteiger partial charge in [-0.25, -0.2) is 0 Å². The first kappa shape index (κ1) is 10.3. The lowest BCUT2D eigenvalue weighted by Crippen LogP contribution is -1.94. The van der Waals surface area contributed by atoms with Crippen LogP contribution < -0.4 is 0 Å². The molecule has 0 nitrogen and oxygen atoms in total. The van der Waals surface area contributed by atoms with Crippen molar-refractivity contribution in [1.29, 1.82) is 0 Å².